The average Bonchev–Trinajstić information content (AvgIpc) is 3.45. The molecule has 1 N–H and O–H groups in total. The van der Waals surface area contributed by atoms with Crippen molar-refractivity contribution in [1.29, 1.82) is 0 Å². The van der Waals surface area contributed by atoms with Gasteiger partial charge in [-0.05, 0) is 42.8 Å². The number of anilines is 2. The monoisotopic (exact) mass is 437 g/mol. The third-order valence-electron chi connectivity index (χ3n) is 5.94. The van der Waals surface area contributed by atoms with Crippen LogP contribution in [-0.2, 0) is 9.59 Å². The van der Waals surface area contributed by atoms with Crippen molar-refractivity contribution in [3.05, 3.63) is 42.6 Å². The van der Waals surface area contributed by atoms with Crippen molar-refractivity contribution in [3.8, 4) is 5.75 Å². The van der Waals surface area contributed by atoms with Crippen LogP contribution in [0.1, 0.15) is 33.6 Å². The van der Waals surface area contributed by atoms with Gasteiger partial charge in [-0.15, -0.1) is 5.10 Å². The van der Waals surface area contributed by atoms with Gasteiger partial charge in [-0.3, -0.25) is 9.59 Å². The molecule has 2 atom stereocenters. The number of aromatic nitrogens is 2. The van der Waals surface area contributed by atoms with Crippen LogP contribution in [0.25, 0.3) is 0 Å². The van der Waals surface area contributed by atoms with Crippen LogP contribution in [-0.4, -0.2) is 59.2 Å². The van der Waals surface area contributed by atoms with E-state index in [9.17, 15) is 9.59 Å². The average molecular weight is 438 g/mol. The highest BCUT2D eigenvalue weighted by Crippen LogP contribution is 2.26. The van der Waals surface area contributed by atoms with Crippen LogP contribution in [0, 0.1) is 11.3 Å². The van der Waals surface area contributed by atoms with Crippen LogP contribution < -0.4 is 15.0 Å². The maximum absolute atomic E-state index is 12.7. The van der Waals surface area contributed by atoms with Gasteiger partial charge in [0.1, 0.15) is 11.9 Å². The minimum Gasteiger partial charge on any atom is -0.489 e. The molecule has 2 aromatic rings. The highest BCUT2D eigenvalue weighted by atomic mass is 16.5. The van der Waals surface area contributed by atoms with Gasteiger partial charge in [0, 0.05) is 43.4 Å². The smallest absolute Gasteiger partial charge is 0.229 e. The van der Waals surface area contributed by atoms with Gasteiger partial charge in [-0.25, -0.2) is 0 Å². The van der Waals surface area contributed by atoms with Gasteiger partial charge in [0.2, 0.25) is 11.8 Å². The van der Waals surface area contributed by atoms with Gasteiger partial charge in [0.25, 0.3) is 0 Å². The largest absolute Gasteiger partial charge is 0.489 e. The Hall–Kier alpha value is -3.16. The van der Waals surface area contributed by atoms with Crippen LogP contribution in [0.3, 0.4) is 0 Å². The lowest BCUT2D eigenvalue weighted by Crippen LogP contribution is -2.38. The fraction of sp³-hybridized carbons (Fsp3) is 0.500. The Bertz CT molecular complexity index is 942. The summed E-state index contributed by atoms with van der Waals surface area (Å²) < 4.78 is 6.07. The summed E-state index contributed by atoms with van der Waals surface area (Å²) in [4.78, 5) is 29.1. The topological polar surface area (TPSA) is 87.7 Å². The van der Waals surface area contributed by atoms with Crippen molar-refractivity contribution in [2.45, 2.75) is 39.7 Å². The SMILES string of the molecule is CC(C)(C)C(=O)N1CC[C@H](Oc2ccc(NC(=O)[C@H]3CCN(c4cccnn4)C3)cc2)C1. The minimum atomic E-state index is -0.375. The fourth-order valence-electron chi connectivity index (χ4n) is 4.18. The molecule has 2 aliphatic rings. The van der Waals surface area contributed by atoms with Gasteiger partial charge in [0.15, 0.2) is 5.82 Å². The summed E-state index contributed by atoms with van der Waals surface area (Å²) >= 11 is 0. The summed E-state index contributed by atoms with van der Waals surface area (Å²) in [5.74, 6) is 1.63. The standard InChI is InChI=1S/C24H31N5O3/c1-24(2,3)23(31)29-14-11-20(16-29)32-19-8-6-18(7-9-19)26-22(30)17-10-13-28(15-17)21-5-4-12-25-27-21/h4-9,12,17,20H,10-11,13-16H2,1-3H3,(H,26,30)/t17-,20-/m0/s1. The van der Waals surface area contributed by atoms with E-state index in [1.54, 1.807) is 6.20 Å². The van der Waals surface area contributed by atoms with E-state index in [2.05, 4.69) is 20.4 Å². The van der Waals surface area contributed by atoms with Gasteiger partial charge >= 0.3 is 0 Å². The number of nitrogens with zero attached hydrogens (tertiary/aromatic N) is 4. The molecule has 1 aromatic carbocycles. The highest BCUT2D eigenvalue weighted by molar-refractivity contribution is 5.93. The van der Waals surface area contributed by atoms with E-state index < -0.39 is 0 Å². The van der Waals surface area contributed by atoms with Gasteiger partial charge in [0.05, 0.1) is 12.5 Å². The highest BCUT2D eigenvalue weighted by Gasteiger charge is 2.33. The number of likely N-dealkylation sites (tertiary alicyclic amines) is 1. The molecule has 8 nitrogen and oxygen atoms in total. The van der Waals surface area contributed by atoms with Crippen LogP contribution in [0.4, 0.5) is 11.5 Å². The summed E-state index contributed by atoms with van der Waals surface area (Å²) in [5, 5.41) is 11.0. The summed E-state index contributed by atoms with van der Waals surface area (Å²) in [7, 11) is 0. The molecule has 0 unspecified atom stereocenters. The maximum Gasteiger partial charge on any atom is 0.229 e. The normalized spacial score (nSPS) is 21.0. The van der Waals surface area contributed by atoms with Gasteiger partial charge in [-0.1, -0.05) is 20.8 Å². The Morgan fingerprint density at radius 2 is 1.84 bits per heavy atom. The third kappa shape index (κ3) is 5.18. The van der Waals surface area contributed by atoms with E-state index in [1.807, 2.05) is 62.1 Å². The first-order valence-electron chi connectivity index (χ1n) is 11.2. The molecule has 2 amide bonds. The fourth-order valence-corrected chi connectivity index (χ4v) is 4.18. The van der Waals surface area contributed by atoms with Crippen molar-refractivity contribution in [1.82, 2.24) is 15.1 Å². The first-order valence-corrected chi connectivity index (χ1v) is 11.2. The molecule has 32 heavy (non-hydrogen) atoms. The summed E-state index contributed by atoms with van der Waals surface area (Å²) in [6.45, 7) is 8.58. The van der Waals surface area contributed by atoms with E-state index in [-0.39, 0.29) is 29.3 Å². The molecule has 0 saturated carbocycles. The lowest BCUT2D eigenvalue weighted by molar-refractivity contribution is -0.138. The molecule has 0 spiro atoms. The summed E-state index contributed by atoms with van der Waals surface area (Å²) in [6, 6.07) is 11.2. The third-order valence-corrected chi connectivity index (χ3v) is 5.94. The molecule has 3 heterocycles. The molecule has 170 valence electrons. The van der Waals surface area contributed by atoms with Crippen molar-refractivity contribution >= 4 is 23.3 Å². The first kappa shape index (κ1) is 22.0. The molecule has 1 aromatic heterocycles. The zero-order valence-corrected chi connectivity index (χ0v) is 19.0. The van der Waals surface area contributed by atoms with Crippen molar-refractivity contribution in [2.75, 3.05) is 36.4 Å². The Balaban J connectivity index is 1.26. The predicted octanol–water partition coefficient (Wildman–Crippen LogP) is 2.97. The number of hydrogen-bond acceptors (Lipinski definition) is 6. The van der Waals surface area contributed by atoms with Crippen molar-refractivity contribution in [2.24, 2.45) is 11.3 Å². The summed E-state index contributed by atoms with van der Waals surface area (Å²) in [6.07, 6.45) is 3.25. The molecule has 0 aliphatic carbocycles. The predicted molar refractivity (Wildman–Crippen MR) is 122 cm³/mol. The molecule has 2 fully saturated rings. The quantitative estimate of drug-likeness (QED) is 0.774. The van der Waals surface area contributed by atoms with Crippen molar-refractivity contribution in [3.63, 3.8) is 0 Å². The lowest BCUT2D eigenvalue weighted by atomic mass is 9.95. The van der Waals surface area contributed by atoms with E-state index in [4.69, 9.17) is 4.74 Å². The zero-order valence-electron chi connectivity index (χ0n) is 19.0. The number of benzene rings is 1. The Morgan fingerprint density at radius 1 is 1.06 bits per heavy atom. The number of nitrogens with one attached hydrogen (secondary N) is 1. The molecule has 4 rings (SSSR count). The minimum absolute atomic E-state index is 0.00713. The Kier molecular flexibility index (Phi) is 6.30. The van der Waals surface area contributed by atoms with E-state index in [0.717, 1.165) is 43.2 Å². The molecule has 2 aliphatic heterocycles. The second kappa shape index (κ2) is 9.14. The van der Waals surface area contributed by atoms with Crippen LogP contribution >= 0.6 is 0 Å². The Morgan fingerprint density at radius 3 is 2.53 bits per heavy atom. The lowest BCUT2D eigenvalue weighted by Gasteiger charge is -2.25. The molecule has 0 bridgehead atoms. The number of hydrogen-bond donors (Lipinski definition) is 1. The Labute approximate surface area is 188 Å². The molecular weight excluding hydrogens is 406 g/mol. The van der Waals surface area contributed by atoms with Crippen LogP contribution in [0.5, 0.6) is 5.75 Å². The van der Waals surface area contributed by atoms with Crippen LogP contribution in [0.2, 0.25) is 0 Å². The number of rotatable bonds is 5. The molecule has 0 radical (unpaired) electrons. The van der Waals surface area contributed by atoms with E-state index in [0.29, 0.717) is 13.1 Å². The van der Waals surface area contributed by atoms with Crippen LogP contribution in [0.15, 0.2) is 42.6 Å². The zero-order chi connectivity index (χ0) is 22.7. The molecule has 2 saturated heterocycles. The van der Waals surface area contributed by atoms with E-state index in [1.165, 1.54) is 0 Å². The molecular formula is C24H31N5O3. The number of carbonyl (C=O) groups excluding carboxylic acids is 2. The van der Waals surface area contributed by atoms with E-state index >= 15 is 0 Å². The van der Waals surface area contributed by atoms with Gasteiger partial charge < -0.3 is 19.9 Å². The van der Waals surface area contributed by atoms with Crippen molar-refractivity contribution < 1.29 is 14.3 Å². The second-order valence-corrected chi connectivity index (χ2v) is 9.56. The summed E-state index contributed by atoms with van der Waals surface area (Å²) in [5.41, 5.74) is 0.371. The molecule has 8 heteroatoms. The van der Waals surface area contributed by atoms with Gasteiger partial charge in [-0.2, -0.15) is 5.10 Å². The second-order valence-electron chi connectivity index (χ2n) is 9.56. The first-order chi connectivity index (χ1) is 15.3. The maximum atomic E-state index is 12.7. The number of ether oxygens (including phenoxy) is 1. The number of amides is 2. The number of carbonyl (C=O) groups is 2.